The maximum atomic E-state index is 11.6. The SMILES string of the molecule is CCCc1ccc(-n2nc(Cl)cc2-c2ccc(S(C)(=O)=O)cc2)cc1N. The number of sulfone groups is 1. The second-order valence-electron chi connectivity index (χ2n) is 6.19. The van der Waals surface area contributed by atoms with Crippen LogP contribution >= 0.6 is 11.6 Å². The highest BCUT2D eigenvalue weighted by atomic mass is 35.5. The van der Waals surface area contributed by atoms with Gasteiger partial charge in [0.15, 0.2) is 15.0 Å². The molecule has 0 aliphatic rings. The first kappa shape index (κ1) is 18.5. The average molecular weight is 390 g/mol. The number of anilines is 1. The highest BCUT2D eigenvalue weighted by Gasteiger charge is 2.13. The molecular formula is C19H20ClN3O2S. The third-order valence-electron chi connectivity index (χ3n) is 4.15. The number of halogens is 1. The summed E-state index contributed by atoms with van der Waals surface area (Å²) in [7, 11) is -3.24. The van der Waals surface area contributed by atoms with Gasteiger partial charge in [0.1, 0.15) is 0 Å². The Labute approximate surface area is 158 Å². The minimum Gasteiger partial charge on any atom is -0.398 e. The van der Waals surface area contributed by atoms with E-state index in [4.69, 9.17) is 17.3 Å². The van der Waals surface area contributed by atoms with E-state index in [1.54, 1.807) is 35.0 Å². The molecule has 0 spiro atoms. The smallest absolute Gasteiger partial charge is 0.175 e. The summed E-state index contributed by atoms with van der Waals surface area (Å²) in [4.78, 5) is 0.270. The highest BCUT2D eigenvalue weighted by Crippen LogP contribution is 2.28. The van der Waals surface area contributed by atoms with Crippen LogP contribution in [0.4, 0.5) is 5.69 Å². The first-order chi connectivity index (χ1) is 12.3. The van der Waals surface area contributed by atoms with E-state index in [9.17, 15) is 8.42 Å². The number of rotatable bonds is 5. The Morgan fingerprint density at radius 2 is 1.81 bits per heavy atom. The monoisotopic (exact) mass is 389 g/mol. The molecule has 1 heterocycles. The van der Waals surface area contributed by atoms with E-state index in [2.05, 4.69) is 12.0 Å². The van der Waals surface area contributed by atoms with Crippen LogP contribution in [0.3, 0.4) is 0 Å². The minimum atomic E-state index is -3.24. The van der Waals surface area contributed by atoms with Gasteiger partial charge in [-0.05, 0) is 36.2 Å². The van der Waals surface area contributed by atoms with Gasteiger partial charge >= 0.3 is 0 Å². The second kappa shape index (κ2) is 7.13. The zero-order chi connectivity index (χ0) is 18.9. The number of hydrogen-bond acceptors (Lipinski definition) is 4. The summed E-state index contributed by atoms with van der Waals surface area (Å²) < 4.78 is 25.0. The van der Waals surface area contributed by atoms with Gasteiger partial charge in [0.2, 0.25) is 0 Å². The predicted molar refractivity (Wildman–Crippen MR) is 106 cm³/mol. The lowest BCUT2D eigenvalue weighted by molar-refractivity contribution is 0.602. The summed E-state index contributed by atoms with van der Waals surface area (Å²) in [6, 6.07) is 14.2. The molecule has 0 radical (unpaired) electrons. The number of benzene rings is 2. The number of aryl methyl sites for hydroxylation is 1. The molecular weight excluding hydrogens is 370 g/mol. The fraction of sp³-hybridized carbons (Fsp3) is 0.211. The molecule has 1 aromatic heterocycles. The van der Waals surface area contributed by atoms with Crippen molar-refractivity contribution < 1.29 is 8.42 Å². The zero-order valence-corrected chi connectivity index (χ0v) is 16.2. The van der Waals surface area contributed by atoms with Gasteiger partial charge in [0.25, 0.3) is 0 Å². The standard InChI is InChI=1S/C19H20ClN3O2S/c1-3-4-13-5-8-15(11-17(13)21)23-18(12-19(20)22-23)14-6-9-16(10-7-14)26(2,24)25/h5-12H,3-4,21H2,1-2H3. The van der Waals surface area contributed by atoms with Gasteiger partial charge in [-0.3, -0.25) is 0 Å². The van der Waals surface area contributed by atoms with Crippen LogP contribution < -0.4 is 5.73 Å². The van der Waals surface area contributed by atoms with Crippen molar-refractivity contribution in [3.05, 3.63) is 59.2 Å². The Hall–Kier alpha value is -2.31. The van der Waals surface area contributed by atoms with Crippen molar-refractivity contribution in [3.63, 3.8) is 0 Å². The van der Waals surface area contributed by atoms with Crippen molar-refractivity contribution in [3.8, 4) is 16.9 Å². The van der Waals surface area contributed by atoms with Crippen molar-refractivity contribution in [1.82, 2.24) is 9.78 Å². The molecule has 3 rings (SSSR count). The van der Waals surface area contributed by atoms with Crippen LogP contribution in [-0.4, -0.2) is 24.5 Å². The Morgan fingerprint density at radius 3 is 2.38 bits per heavy atom. The normalized spacial score (nSPS) is 11.7. The summed E-state index contributed by atoms with van der Waals surface area (Å²) in [5.41, 5.74) is 10.4. The van der Waals surface area contributed by atoms with Crippen molar-refractivity contribution in [1.29, 1.82) is 0 Å². The van der Waals surface area contributed by atoms with Crippen LogP contribution in [0, 0.1) is 0 Å². The first-order valence-corrected chi connectivity index (χ1v) is 10.5. The molecule has 0 fully saturated rings. The molecule has 0 aliphatic carbocycles. The molecule has 0 bridgehead atoms. The van der Waals surface area contributed by atoms with Gasteiger partial charge < -0.3 is 5.73 Å². The van der Waals surface area contributed by atoms with E-state index >= 15 is 0 Å². The minimum absolute atomic E-state index is 0.270. The third kappa shape index (κ3) is 3.76. The van der Waals surface area contributed by atoms with Crippen LogP contribution in [0.25, 0.3) is 16.9 Å². The van der Waals surface area contributed by atoms with Gasteiger partial charge in [0, 0.05) is 23.6 Å². The highest BCUT2D eigenvalue weighted by molar-refractivity contribution is 7.90. The molecule has 136 valence electrons. The van der Waals surface area contributed by atoms with E-state index in [-0.39, 0.29) is 4.90 Å². The zero-order valence-electron chi connectivity index (χ0n) is 14.6. The molecule has 0 saturated carbocycles. The van der Waals surface area contributed by atoms with Crippen molar-refractivity contribution in [2.24, 2.45) is 0 Å². The van der Waals surface area contributed by atoms with Gasteiger partial charge in [-0.2, -0.15) is 5.10 Å². The molecule has 5 nitrogen and oxygen atoms in total. The third-order valence-corrected chi connectivity index (χ3v) is 5.46. The van der Waals surface area contributed by atoms with E-state index in [0.29, 0.717) is 10.8 Å². The molecule has 0 atom stereocenters. The summed E-state index contributed by atoms with van der Waals surface area (Å²) in [5.74, 6) is 0. The van der Waals surface area contributed by atoms with Crippen LogP contribution in [0.2, 0.25) is 5.15 Å². The van der Waals surface area contributed by atoms with Gasteiger partial charge in [-0.1, -0.05) is 43.1 Å². The van der Waals surface area contributed by atoms with Crippen LogP contribution in [0.1, 0.15) is 18.9 Å². The summed E-state index contributed by atoms with van der Waals surface area (Å²) in [5, 5.41) is 4.70. The average Bonchev–Trinajstić information content (AvgIpc) is 2.98. The topological polar surface area (TPSA) is 78.0 Å². The lowest BCUT2D eigenvalue weighted by Crippen LogP contribution is -2.02. The Balaban J connectivity index is 2.05. The van der Waals surface area contributed by atoms with E-state index in [1.165, 1.54) is 6.26 Å². The Kier molecular flexibility index (Phi) is 5.07. The Bertz CT molecular complexity index is 1040. The van der Waals surface area contributed by atoms with Gasteiger partial charge in [0.05, 0.1) is 16.3 Å². The molecule has 3 aromatic rings. The van der Waals surface area contributed by atoms with Crippen molar-refractivity contribution in [2.45, 2.75) is 24.7 Å². The van der Waals surface area contributed by atoms with Crippen LogP contribution in [0.5, 0.6) is 0 Å². The number of hydrogen-bond donors (Lipinski definition) is 1. The molecule has 26 heavy (non-hydrogen) atoms. The summed E-state index contributed by atoms with van der Waals surface area (Å²) in [6.07, 6.45) is 3.13. The number of nitrogens with zero attached hydrogens (tertiary/aromatic N) is 2. The van der Waals surface area contributed by atoms with E-state index in [1.807, 2.05) is 18.2 Å². The summed E-state index contributed by atoms with van der Waals surface area (Å²) >= 11 is 6.13. The maximum Gasteiger partial charge on any atom is 0.175 e. The molecule has 0 saturated heterocycles. The van der Waals surface area contributed by atoms with Gasteiger partial charge in [-0.15, -0.1) is 0 Å². The maximum absolute atomic E-state index is 11.6. The van der Waals surface area contributed by atoms with E-state index < -0.39 is 9.84 Å². The number of nitrogens with two attached hydrogens (primary N) is 1. The lowest BCUT2D eigenvalue weighted by Gasteiger charge is -2.11. The lowest BCUT2D eigenvalue weighted by atomic mass is 10.1. The molecule has 7 heteroatoms. The molecule has 0 aliphatic heterocycles. The largest absolute Gasteiger partial charge is 0.398 e. The molecule has 0 unspecified atom stereocenters. The fourth-order valence-electron chi connectivity index (χ4n) is 2.84. The Morgan fingerprint density at radius 1 is 1.12 bits per heavy atom. The van der Waals surface area contributed by atoms with Crippen LogP contribution in [0.15, 0.2) is 53.4 Å². The van der Waals surface area contributed by atoms with Crippen LogP contribution in [-0.2, 0) is 16.3 Å². The molecule has 0 amide bonds. The molecule has 2 aromatic carbocycles. The fourth-order valence-corrected chi connectivity index (χ4v) is 3.65. The first-order valence-electron chi connectivity index (χ1n) is 8.24. The predicted octanol–water partition coefficient (Wildman–Crippen LogP) is 4.13. The van der Waals surface area contributed by atoms with E-state index in [0.717, 1.165) is 35.3 Å². The molecule has 2 N–H and O–H groups in total. The summed E-state index contributed by atoms with van der Waals surface area (Å²) in [6.45, 7) is 2.11. The second-order valence-corrected chi connectivity index (χ2v) is 8.60. The van der Waals surface area contributed by atoms with Crippen molar-refractivity contribution in [2.75, 3.05) is 12.0 Å². The number of aromatic nitrogens is 2. The quantitative estimate of drug-likeness (QED) is 0.665. The van der Waals surface area contributed by atoms with Gasteiger partial charge in [-0.25, -0.2) is 13.1 Å². The number of nitrogen functional groups attached to an aromatic ring is 1. The van der Waals surface area contributed by atoms with Crippen molar-refractivity contribution >= 4 is 27.1 Å².